The normalized spacial score (nSPS) is 20.8. The summed E-state index contributed by atoms with van der Waals surface area (Å²) in [6.45, 7) is 4.24. The van der Waals surface area contributed by atoms with E-state index in [1.54, 1.807) is 11.8 Å². The van der Waals surface area contributed by atoms with Gasteiger partial charge in [-0.25, -0.2) is 8.78 Å². The van der Waals surface area contributed by atoms with Gasteiger partial charge in [0, 0.05) is 17.1 Å². The van der Waals surface area contributed by atoms with Gasteiger partial charge in [0.2, 0.25) is 0 Å². The highest BCUT2D eigenvalue weighted by molar-refractivity contribution is 8.02. The average Bonchev–Trinajstić information content (AvgIpc) is 3.07. The largest absolute Gasteiger partial charge is 0.487 e. The van der Waals surface area contributed by atoms with E-state index in [0.29, 0.717) is 5.56 Å². The zero-order valence-electron chi connectivity index (χ0n) is 16.5. The molecule has 0 bridgehead atoms. The fourth-order valence-corrected chi connectivity index (χ4v) is 4.72. The Morgan fingerprint density at radius 2 is 1.83 bits per heavy atom. The van der Waals surface area contributed by atoms with Crippen LogP contribution in [-0.2, 0) is 17.6 Å². The van der Waals surface area contributed by atoms with Crippen LogP contribution in [0.1, 0.15) is 42.2 Å². The zero-order valence-corrected chi connectivity index (χ0v) is 17.3. The maximum atomic E-state index is 14.4. The van der Waals surface area contributed by atoms with Gasteiger partial charge >= 0.3 is 5.97 Å². The van der Waals surface area contributed by atoms with E-state index in [2.05, 4.69) is 31.2 Å². The van der Waals surface area contributed by atoms with Crippen LogP contribution in [-0.4, -0.2) is 17.7 Å². The maximum absolute atomic E-state index is 14.4. The fourth-order valence-electron chi connectivity index (χ4n) is 3.40. The van der Waals surface area contributed by atoms with E-state index in [-0.39, 0.29) is 24.7 Å². The minimum Gasteiger partial charge on any atom is -0.487 e. The maximum Gasteiger partial charge on any atom is 0.303 e. The summed E-state index contributed by atoms with van der Waals surface area (Å²) in [5.74, 6) is -3.06. The lowest BCUT2D eigenvalue weighted by molar-refractivity contribution is -0.136. The fraction of sp³-hybridized carbons (Fsp3) is 0.348. The number of rotatable bonds is 8. The number of carboxylic acid groups (broad SMARTS) is 1. The van der Waals surface area contributed by atoms with Crippen molar-refractivity contribution < 1.29 is 23.4 Å². The smallest absolute Gasteiger partial charge is 0.303 e. The van der Waals surface area contributed by atoms with Gasteiger partial charge in [-0.2, -0.15) is 0 Å². The Kier molecular flexibility index (Phi) is 6.63. The van der Waals surface area contributed by atoms with Crippen molar-refractivity contribution in [1.82, 2.24) is 0 Å². The van der Waals surface area contributed by atoms with Gasteiger partial charge in [0.05, 0.1) is 6.61 Å². The molecule has 2 atom stereocenters. The number of halogens is 2. The summed E-state index contributed by atoms with van der Waals surface area (Å²) in [6, 6.07) is 10.7. The molecule has 1 heterocycles. The Bertz CT molecular complexity index is 888. The van der Waals surface area contributed by atoms with Crippen molar-refractivity contribution in [2.75, 3.05) is 6.61 Å². The Morgan fingerprint density at radius 3 is 2.41 bits per heavy atom. The molecule has 0 aromatic heterocycles. The van der Waals surface area contributed by atoms with E-state index in [0.717, 1.165) is 24.1 Å². The van der Waals surface area contributed by atoms with E-state index in [1.165, 1.54) is 5.56 Å². The third kappa shape index (κ3) is 4.99. The number of carbonyl (C=O) groups is 1. The lowest BCUT2D eigenvalue weighted by Crippen LogP contribution is -2.27. The van der Waals surface area contributed by atoms with Gasteiger partial charge in [0.15, 0.2) is 17.4 Å². The van der Waals surface area contributed by atoms with Gasteiger partial charge in [-0.1, -0.05) is 44.2 Å². The van der Waals surface area contributed by atoms with Gasteiger partial charge in [-0.3, -0.25) is 4.79 Å². The molecule has 0 radical (unpaired) electrons. The second-order valence-corrected chi connectivity index (χ2v) is 8.51. The monoisotopic (exact) mass is 418 g/mol. The summed E-state index contributed by atoms with van der Waals surface area (Å²) in [6.07, 6.45) is 2.87. The first-order chi connectivity index (χ1) is 13.8. The molecular formula is C23H24F2O3S. The van der Waals surface area contributed by atoms with Crippen LogP contribution >= 0.6 is 11.8 Å². The third-order valence-electron chi connectivity index (χ3n) is 5.17. The SMILES string of the molecule is CCc1ccc(C2SC=CC2(C)COc2c(F)cc(CCC(=O)O)cc2F)cc1. The molecule has 2 aromatic rings. The number of carboxylic acids is 1. The second kappa shape index (κ2) is 8.99. The standard InChI is InChI=1S/C23H24F2O3S/c1-3-15-4-7-17(8-5-15)22-23(2,10-11-29-22)14-28-21-18(24)12-16(13-19(21)25)6-9-20(26)27/h4-5,7-8,10-13,22H,3,6,9,14H2,1-2H3,(H,26,27). The first-order valence-electron chi connectivity index (χ1n) is 9.57. The summed E-state index contributed by atoms with van der Waals surface area (Å²) in [4.78, 5) is 10.7. The summed E-state index contributed by atoms with van der Waals surface area (Å²) in [7, 11) is 0. The highest BCUT2D eigenvalue weighted by Crippen LogP contribution is 2.51. The van der Waals surface area contributed by atoms with E-state index < -0.39 is 28.8 Å². The summed E-state index contributed by atoms with van der Waals surface area (Å²) < 4.78 is 34.4. The third-order valence-corrected chi connectivity index (χ3v) is 6.54. The number of thioether (sulfide) groups is 1. The van der Waals surface area contributed by atoms with Crippen LogP contribution in [0, 0.1) is 17.0 Å². The molecule has 6 heteroatoms. The second-order valence-electron chi connectivity index (χ2n) is 7.49. The lowest BCUT2D eigenvalue weighted by Gasteiger charge is -2.30. The Balaban J connectivity index is 1.73. The molecule has 3 rings (SSSR count). The minimum atomic E-state index is -1.01. The van der Waals surface area contributed by atoms with Crippen molar-refractivity contribution in [3.8, 4) is 5.75 Å². The van der Waals surface area contributed by atoms with Crippen LogP contribution in [0.2, 0.25) is 0 Å². The lowest BCUT2D eigenvalue weighted by atomic mass is 9.84. The van der Waals surface area contributed by atoms with Gasteiger partial charge in [0.25, 0.3) is 0 Å². The van der Waals surface area contributed by atoms with Crippen molar-refractivity contribution >= 4 is 17.7 Å². The molecule has 29 heavy (non-hydrogen) atoms. The van der Waals surface area contributed by atoms with Crippen LogP contribution in [0.5, 0.6) is 5.75 Å². The van der Waals surface area contributed by atoms with E-state index in [1.807, 2.05) is 18.4 Å². The van der Waals surface area contributed by atoms with Crippen LogP contribution in [0.3, 0.4) is 0 Å². The van der Waals surface area contributed by atoms with Crippen LogP contribution in [0.15, 0.2) is 47.9 Å². The molecule has 2 unspecified atom stereocenters. The quantitative estimate of drug-likeness (QED) is 0.577. The van der Waals surface area contributed by atoms with Gasteiger partial charge in [0.1, 0.15) is 0 Å². The molecule has 0 amide bonds. The average molecular weight is 419 g/mol. The molecule has 2 aromatic carbocycles. The molecule has 3 nitrogen and oxygen atoms in total. The zero-order chi connectivity index (χ0) is 21.0. The van der Waals surface area contributed by atoms with Crippen LogP contribution in [0.4, 0.5) is 8.78 Å². The predicted molar refractivity (Wildman–Crippen MR) is 111 cm³/mol. The highest BCUT2D eigenvalue weighted by atomic mass is 32.2. The summed E-state index contributed by atoms with van der Waals surface area (Å²) in [5, 5.41) is 10.8. The number of aliphatic carboxylic acids is 1. The van der Waals surface area contributed by atoms with E-state index in [9.17, 15) is 13.6 Å². The first kappa shape index (κ1) is 21.4. The van der Waals surface area contributed by atoms with Gasteiger partial charge in [-0.15, -0.1) is 11.8 Å². The Labute approximate surface area is 173 Å². The molecule has 1 aliphatic rings. The predicted octanol–water partition coefficient (Wildman–Crippen LogP) is 5.93. The van der Waals surface area contributed by atoms with Crippen molar-refractivity contribution in [2.45, 2.75) is 38.4 Å². The first-order valence-corrected chi connectivity index (χ1v) is 10.5. The number of hydrogen-bond donors (Lipinski definition) is 1. The summed E-state index contributed by atoms with van der Waals surface area (Å²) >= 11 is 1.67. The molecule has 1 aliphatic heterocycles. The molecule has 0 saturated heterocycles. The molecule has 0 aliphatic carbocycles. The molecule has 154 valence electrons. The van der Waals surface area contributed by atoms with Crippen molar-refractivity contribution in [3.05, 3.63) is 76.2 Å². The summed E-state index contributed by atoms with van der Waals surface area (Å²) in [5.41, 5.74) is 2.29. The van der Waals surface area contributed by atoms with E-state index >= 15 is 0 Å². The number of ether oxygens (including phenoxy) is 1. The molecule has 1 N–H and O–H groups in total. The van der Waals surface area contributed by atoms with Crippen molar-refractivity contribution in [1.29, 1.82) is 0 Å². The Hall–Kier alpha value is -2.34. The number of hydrogen-bond acceptors (Lipinski definition) is 3. The number of benzene rings is 2. The van der Waals surface area contributed by atoms with Crippen molar-refractivity contribution in [2.24, 2.45) is 5.41 Å². The van der Waals surface area contributed by atoms with Gasteiger partial charge < -0.3 is 9.84 Å². The molecule has 0 spiro atoms. The number of aryl methyl sites for hydroxylation is 2. The van der Waals surface area contributed by atoms with Crippen molar-refractivity contribution in [3.63, 3.8) is 0 Å². The topological polar surface area (TPSA) is 46.5 Å². The Morgan fingerprint density at radius 1 is 1.17 bits per heavy atom. The molecule has 0 saturated carbocycles. The van der Waals surface area contributed by atoms with Gasteiger partial charge in [-0.05, 0) is 47.1 Å². The molecular weight excluding hydrogens is 394 g/mol. The van der Waals surface area contributed by atoms with E-state index in [4.69, 9.17) is 9.84 Å². The molecule has 0 fully saturated rings. The highest BCUT2D eigenvalue weighted by Gasteiger charge is 2.38. The van der Waals surface area contributed by atoms with Crippen LogP contribution in [0.25, 0.3) is 0 Å². The van der Waals surface area contributed by atoms with Crippen LogP contribution < -0.4 is 4.74 Å². The minimum absolute atomic E-state index is 0.0658.